The number of tetrazole rings is 1. The minimum absolute atomic E-state index is 0.0236. The molecule has 3 rings (SSSR count). The van der Waals surface area contributed by atoms with Gasteiger partial charge in [-0.25, -0.2) is 9.48 Å². The summed E-state index contributed by atoms with van der Waals surface area (Å²) in [7, 11) is 1.63. The molecule has 0 saturated carbocycles. The molecule has 1 aliphatic heterocycles. The number of rotatable bonds is 9. The number of ether oxygens (including phenoxy) is 2. The fourth-order valence-corrected chi connectivity index (χ4v) is 3.12. The molecule has 2 heterocycles. The van der Waals surface area contributed by atoms with Gasteiger partial charge in [0, 0.05) is 19.2 Å². The highest BCUT2D eigenvalue weighted by atomic mass is 32.2. The molecule has 1 saturated heterocycles. The van der Waals surface area contributed by atoms with E-state index in [1.807, 2.05) is 0 Å². The number of non-ortho nitro benzene ring substituents is 1. The number of nitrogens with zero attached hydrogens (tertiary/aromatic N) is 5. The summed E-state index contributed by atoms with van der Waals surface area (Å²) in [5.74, 6) is -0.994. The summed E-state index contributed by atoms with van der Waals surface area (Å²) in [6.07, 6.45) is -0.847. The number of nitro groups is 1. The molecule has 0 radical (unpaired) electrons. The largest absolute Gasteiger partial charge is 0.463 e. The van der Waals surface area contributed by atoms with Gasteiger partial charge in [0.25, 0.3) is 5.69 Å². The topological polar surface area (TPSA) is 180 Å². The molecular formula is C16H17N7O7S. The fraction of sp³-hybridized carbons (Fsp3) is 0.375. The molecule has 1 fully saturated rings. The lowest BCUT2D eigenvalue weighted by Gasteiger charge is -2.36. The molecule has 164 valence electrons. The van der Waals surface area contributed by atoms with Crippen molar-refractivity contribution in [1.29, 1.82) is 0 Å². The Labute approximate surface area is 178 Å². The molecule has 2 amide bonds. The van der Waals surface area contributed by atoms with Crippen molar-refractivity contribution < 1.29 is 28.8 Å². The first-order valence-corrected chi connectivity index (χ1v) is 9.80. The molecule has 2 atom stereocenters. The first-order chi connectivity index (χ1) is 14.8. The molecular weight excluding hydrogens is 434 g/mol. The smallest absolute Gasteiger partial charge is 0.408 e. The number of aromatic nitrogens is 4. The summed E-state index contributed by atoms with van der Waals surface area (Å²) in [5.41, 5.74) is 0.461. The molecule has 15 heteroatoms. The van der Waals surface area contributed by atoms with Gasteiger partial charge in [-0.3, -0.25) is 19.7 Å². The minimum atomic E-state index is -0.909. The van der Waals surface area contributed by atoms with Crippen LogP contribution in [0.1, 0.15) is 5.56 Å². The van der Waals surface area contributed by atoms with Crippen LogP contribution in [0, 0.1) is 10.1 Å². The SMILES string of the molecule is Cn1nnnc1SCC(=O)OCC1NC(=O)C1NC(=O)OCc1ccc([N+](=O)[O-])cc1. The highest BCUT2D eigenvalue weighted by molar-refractivity contribution is 7.99. The molecule has 2 unspecified atom stereocenters. The number of carbonyl (C=O) groups is 3. The predicted molar refractivity (Wildman–Crippen MR) is 103 cm³/mol. The van der Waals surface area contributed by atoms with E-state index < -0.39 is 35.0 Å². The van der Waals surface area contributed by atoms with Gasteiger partial charge in [0.05, 0.1) is 16.7 Å². The minimum Gasteiger partial charge on any atom is -0.463 e. The number of carbonyl (C=O) groups excluding carboxylic acids is 3. The van der Waals surface area contributed by atoms with Crippen LogP contribution in [0.2, 0.25) is 0 Å². The normalized spacial score (nSPS) is 17.3. The molecule has 2 N–H and O–H groups in total. The third-order valence-electron chi connectivity index (χ3n) is 4.13. The van der Waals surface area contributed by atoms with E-state index in [2.05, 4.69) is 26.2 Å². The number of amides is 2. The second-order valence-corrected chi connectivity index (χ2v) is 7.24. The number of alkyl carbamates (subject to hydrolysis) is 1. The molecule has 1 aliphatic rings. The Morgan fingerprint density at radius 1 is 1.32 bits per heavy atom. The Balaban J connectivity index is 1.38. The summed E-state index contributed by atoms with van der Waals surface area (Å²) in [4.78, 5) is 45.6. The zero-order valence-corrected chi connectivity index (χ0v) is 16.9. The molecule has 2 aromatic rings. The second-order valence-electron chi connectivity index (χ2n) is 6.29. The molecule has 1 aromatic heterocycles. The van der Waals surface area contributed by atoms with Gasteiger partial charge in [0.15, 0.2) is 0 Å². The van der Waals surface area contributed by atoms with E-state index in [0.717, 1.165) is 11.8 Å². The Bertz CT molecular complexity index is 981. The summed E-state index contributed by atoms with van der Waals surface area (Å²) < 4.78 is 11.5. The van der Waals surface area contributed by atoms with Crippen LogP contribution in [0.25, 0.3) is 0 Å². The van der Waals surface area contributed by atoms with Crippen LogP contribution >= 0.6 is 11.8 Å². The fourth-order valence-electron chi connectivity index (χ4n) is 2.47. The van der Waals surface area contributed by atoms with Crippen molar-refractivity contribution in [2.75, 3.05) is 12.4 Å². The Morgan fingerprint density at radius 3 is 2.68 bits per heavy atom. The number of nitrogens with one attached hydrogen (secondary N) is 2. The third kappa shape index (κ3) is 5.88. The molecule has 0 spiro atoms. The number of aryl methyl sites for hydroxylation is 1. The Morgan fingerprint density at radius 2 is 2.06 bits per heavy atom. The number of nitro benzene ring substituents is 1. The zero-order chi connectivity index (χ0) is 22.4. The Kier molecular flexibility index (Phi) is 6.96. The average molecular weight is 451 g/mol. The van der Waals surface area contributed by atoms with Gasteiger partial charge in [-0.1, -0.05) is 11.8 Å². The lowest BCUT2D eigenvalue weighted by atomic mass is 10.0. The number of hydrogen-bond donors (Lipinski definition) is 2. The van der Waals surface area contributed by atoms with E-state index >= 15 is 0 Å². The van der Waals surface area contributed by atoms with Crippen LogP contribution < -0.4 is 10.6 Å². The quantitative estimate of drug-likeness (QED) is 0.166. The van der Waals surface area contributed by atoms with E-state index in [-0.39, 0.29) is 24.7 Å². The van der Waals surface area contributed by atoms with E-state index in [1.165, 1.54) is 28.9 Å². The van der Waals surface area contributed by atoms with Crippen LogP contribution in [0.4, 0.5) is 10.5 Å². The van der Waals surface area contributed by atoms with Crippen LogP contribution in [-0.2, 0) is 32.7 Å². The van der Waals surface area contributed by atoms with Crippen LogP contribution in [0.15, 0.2) is 29.4 Å². The number of β-lactam (4-membered cyclic amide) rings is 1. The standard InChI is InChI=1S/C16H17N7O7S/c1-22-15(19-20-21-22)31-8-12(24)29-7-11-13(14(25)17-11)18-16(26)30-6-9-2-4-10(5-3-9)23(27)28/h2-5,11,13H,6-8H2,1H3,(H,17,25)(H,18,26). The molecule has 0 bridgehead atoms. The summed E-state index contributed by atoms with van der Waals surface area (Å²) >= 11 is 1.10. The number of benzene rings is 1. The van der Waals surface area contributed by atoms with E-state index in [0.29, 0.717) is 10.7 Å². The van der Waals surface area contributed by atoms with Gasteiger partial charge in [0.2, 0.25) is 11.1 Å². The van der Waals surface area contributed by atoms with Crippen molar-refractivity contribution in [2.24, 2.45) is 7.05 Å². The van der Waals surface area contributed by atoms with Gasteiger partial charge in [-0.2, -0.15) is 0 Å². The maximum Gasteiger partial charge on any atom is 0.408 e. The van der Waals surface area contributed by atoms with Crippen molar-refractivity contribution in [3.8, 4) is 0 Å². The zero-order valence-electron chi connectivity index (χ0n) is 16.1. The lowest BCUT2D eigenvalue weighted by molar-refractivity contribution is -0.384. The monoisotopic (exact) mass is 451 g/mol. The van der Waals surface area contributed by atoms with E-state index in [9.17, 15) is 24.5 Å². The molecule has 31 heavy (non-hydrogen) atoms. The van der Waals surface area contributed by atoms with E-state index in [1.54, 1.807) is 7.05 Å². The lowest BCUT2D eigenvalue weighted by Crippen LogP contribution is -2.70. The van der Waals surface area contributed by atoms with Gasteiger partial charge in [0.1, 0.15) is 19.3 Å². The van der Waals surface area contributed by atoms with Crippen molar-refractivity contribution in [3.63, 3.8) is 0 Å². The van der Waals surface area contributed by atoms with Gasteiger partial charge in [-0.15, -0.1) is 5.10 Å². The average Bonchev–Trinajstić information content (AvgIpc) is 3.16. The van der Waals surface area contributed by atoms with Crippen molar-refractivity contribution >= 4 is 35.4 Å². The van der Waals surface area contributed by atoms with Crippen molar-refractivity contribution in [2.45, 2.75) is 23.8 Å². The maximum absolute atomic E-state index is 11.9. The summed E-state index contributed by atoms with van der Waals surface area (Å²) in [6.45, 7) is -0.262. The third-order valence-corrected chi connectivity index (χ3v) is 5.11. The summed E-state index contributed by atoms with van der Waals surface area (Å²) in [5, 5.41) is 26.8. The van der Waals surface area contributed by atoms with E-state index in [4.69, 9.17) is 9.47 Å². The Hall–Kier alpha value is -3.75. The van der Waals surface area contributed by atoms with Crippen LogP contribution in [0.5, 0.6) is 0 Å². The molecule has 1 aromatic carbocycles. The summed E-state index contributed by atoms with van der Waals surface area (Å²) in [6, 6.07) is 3.99. The predicted octanol–water partition coefficient (Wildman–Crippen LogP) is -0.453. The first-order valence-electron chi connectivity index (χ1n) is 8.81. The van der Waals surface area contributed by atoms with Crippen LogP contribution in [-0.4, -0.2) is 67.5 Å². The van der Waals surface area contributed by atoms with Gasteiger partial charge >= 0.3 is 12.1 Å². The number of hydrogen-bond acceptors (Lipinski definition) is 11. The first kappa shape index (κ1) is 21.9. The highest BCUT2D eigenvalue weighted by Gasteiger charge is 2.41. The van der Waals surface area contributed by atoms with Gasteiger partial charge < -0.3 is 20.1 Å². The highest BCUT2D eigenvalue weighted by Crippen LogP contribution is 2.14. The van der Waals surface area contributed by atoms with Crippen molar-refractivity contribution in [3.05, 3.63) is 39.9 Å². The maximum atomic E-state index is 11.9. The van der Waals surface area contributed by atoms with Gasteiger partial charge in [-0.05, 0) is 28.1 Å². The second kappa shape index (κ2) is 9.84. The number of esters is 1. The molecule has 14 nitrogen and oxygen atoms in total. The van der Waals surface area contributed by atoms with Crippen LogP contribution in [0.3, 0.4) is 0 Å². The van der Waals surface area contributed by atoms with Crippen molar-refractivity contribution in [1.82, 2.24) is 30.8 Å². The molecule has 0 aliphatic carbocycles. The number of thioether (sulfide) groups is 1.